The van der Waals surface area contributed by atoms with E-state index < -0.39 is 6.04 Å². The standard InChI is InChI=1S/C13H12N2O3S/c1-18-13(17)11-6-19-12(15-11)10-5-7-4-8(16)2-3-9(7)14-10/h2-4,11,16H,5-6H2,1H3/t11-/m1/s1. The van der Waals surface area contributed by atoms with Gasteiger partial charge in [0.2, 0.25) is 0 Å². The number of nitrogens with zero attached hydrogens (tertiary/aromatic N) is 2. The van der Waals surface area contributed by atoms with Crippen LogP contribution in [0.3, 0.4) is 0 Å². The molecular formula is C13H12N2O3S. The number of carbonyl (C=O) groups is 1. The summed E-state index contributed by atoms with van der Waals surface area (Å²) in [5, 5.41) is 10.2. The van der Waals surface area contributed by atoms with Crippen LogP contribution in [0, 0.1) is 0 Å². The molecule has 3 rings (SSSR count). The predicted molar refractivity (Wildman–Crippen MR) is 74.6 cm³/mol. The first-order chi connectivity index (χ1) is 9.17. The maximum atomic E-state index is 11.4. The van der Waals surface area contributed by atoms with Crippen molar-refractivity contribution in [2.45, 2.75) is 12.5 Å². The average Bonchev–Trinajstić information content (AvgIpc) is 3.03. The van der Waals surface area contributed by atoms with Gasteiger partial charge in [-0.3, -0.25) is 4.99 Å². The number of rotatable bonds is 2. The SMILES string of the molecule is COC(=O)[C@H]1CSC(C2=Nc3ccc(O)cc3C2)=N1. The quantitative estimate of drug-likeness (QED) is 0.835. The van der Waals surface area contributed by atoms with Crippen molar-refractivity contribution in [1.82, 2.24) is 0 Å². The van der Waals surface area contributed by atoms with Gasteiger partial charge in [0.05, 0.1) is 18.5 Å². The van der Waals surface area contributed by atoms with Crippen molar-refractivity contribution in [3.63, 3.8) is 0 Å². The third-order valence-corrected chi connectivity index (χ3v) is 4.14. The van der Waals surface area contributed by atoms with Crippen LogP contribution in [0.5, 0.6) is 5.75 Å². The highest BCUT2D eigenvalue weighted by Gasteiger charge is 2.29. The molecule has 0 spiro atoms. The molecule has 0 unspecified atom stereocenters. The summed E-state index contributed by atoms with van der Waals surface area (Å²) in [4.78, 5) is 20.3. The molecule has 1 aromatic carbocycles. The number of aromatic hydroxyl groups is 1. The van der Waals surface area contributed by atoms with E-state index >= 15 is 0 Å². The molecule has 2 aliphatic rings. The topological polar surface area (TPSA) is 71.2 Å². The zero-order valence-corrected chi connectivity index (χ0v) is 11.1. The lowest BCUT2D eigenvalue weighted by atomic mass is 10.1. The van der Waals surface area contributed by atoms with Crippen LogP contribution in [-0.2, 0) is 16.0 Å². The van der Waals surface area contributed by atoms with E-state index in [-0.39, 0.29) is 11.7 Å². The van der Waals surface area contributed by atoms with E-state index in [9.17, 15) is 9.90 Å². The van der Waals surface area contributed by atoms with Crippen molar-refractivity contribution in [3.05, 3.63) is 23.8 Å². The Hall–Kier alpha value is -1.82. The number of aliphatic imine (C=N–C) groups is 2. The van der Waals surface area contributed by atoms with Gasteiger partial charge in [0.15, 0.2) is 6.04 Å². The number of fused-ring (bicyclic) bond motifs is 1. The molecule has 5 nitrogen and oxygen atoms in total. The molecule has 0 aliphatic carbocycles. The monoisotopic (exact) mass is 276 g/mol. The van der Waals surface area contributed by atoms with Gasteiger partial charge in [-0.1, -0.05) is 0 Å². The lowest BCUT2D eigenvalue weighted by molar-refractivity contribution is -0.141. The highest BCUT2D eigenvalue weighted by atomic mass is 32.2. The fourth-order valence-corrected chi connectivity index (χ4v) is 3.11. The molecule has 0 radical (unpaired) electrons. The number of phenols is 1. The second-order valence-corrected chi connectivity index (χ2v) is 5.34. The first kappa shape index (κ1) is 12.2. The summed E-state index contributed by atoms with van der Waals surface area (Å²) < 4.78 is 4.69. The van der Waals surface area contributed by atoms with E-state index in [1.54, 1.807) is 18.2 Å². The van der Waals surface area contributed by atoms with E-state index in [1.165, 1.54) is 18.9 Å². The molecule has 2 heterocycles. The maximum Gasteiger partial charge on any atom is 0.331 e. The highest BCUT2D eigenvalue weighted by molar-refractivity contribution is 8.16. The van der Waals surface area contributed by atoms with Crippen molar-refractivity contribution in [2.75, 3.05) is 12.9 Å². The molecule has 1 atom stereocenters. The Morgan fingerprint density at radius 1 is 1.53 bits per heavy atom. The molecule has 2 aliphatic heterocycles. The summed E-state index contributed by atoms with van der Waals surface area (Å²) in [5.74, 6) is 0.530. The second kappa shape index (κ2) is 4.70. The molecule has 0 amide bonds. The summed E-state index contributed by atoms with van der Waals surface area (Å²) in [7, 11) is 1.37. The Morgan fingerprint density at radius 2 is 2.37 bits per heavy atom. The second-order valence-electron chi connectivity index (χ2n) is 4.33. The number of thioether (sulfide) groups is 1. The Labute approximate surface area is 114 Å². The maximum absolute atomic E-state index is 11.4. The summed E-state index contributed by atoms with van der Waals surface area (Å²) in [6.07, 6.45) is 0.642. The van der Waals surface area contributed by atoms with E-state index in [0.717, 1.165) is 22.0 Å². The summed E-state index contributed by atoms with van der Waals surface area (Å²) in [6, 6.07) is 4.69. The van der Waals surface area contributed by atoms with Gasteiger partial charge in [0, 0.05) is 12.2 Å². The third kappa shape index (κ3) is 2.23. The first-order valence-corrected chi connectivity index (χ1v) is 6.84. The largest absolute Gasteiger partial charge is 0.508 e. The molecule has 0 aromatic heterocycles. The number of carbonyl (C=O) groups excluding carboxylic acids is 1. The van der Waals surface area contributed by atoms with Gasteiger partial charge in [0.25, 0.3) is 0 Å². The Kier molecular flexibility index (Phi) is 3.02. The molecule has 1 N–H and O–H groups in total. The molecule has 0 saturated heterocycles. The highest BCUT2D eigenvalue weighted by Crippen LogP contribution is 2.32. The van der Waals surface area contributed by atoms with Gasteiger partial charge >= 0.3 is 5.97 Å². The molecular weight excluding hydrogens is 264 g/mol. The van der Waals surface area contributed by atoms with E-state index in [0.29, 0.717) is 12.2 Å². The Bertz CT molecular complexity index is 610. The van der Waals surface area contributed by atoms with Crippen LogP contribution in [0.25, 0.3) is 0 Å². The predicted octanol–water partition coefficient (Wildman–Crippen LogP) is 1.71. The summed E-state index contributed by atoms with van der Waals surface area (Å²) in [5.41, 5.74) is 2.70. The van der Waals surface area contributed by atoms with Crippen LogP contribution < -0.4 is 0 Å². The minimum Gasteiger partial charge on any atom is -0.508 e. The molecule has 1 aromatic rings. The van der Waals surface area contributed by atoms with Crippen LogP contribution in [0.4, 0.5) is 5.69 Å². The number of benzene rings is 1. The van der Waals surface area contributed by atoms with Gasteiger partial charge in [-0.2, -0.15) is 0 Å². The Balaban J connectivity index is 1.82. The zero-order chi connectivity index (χ0) is 13.4. The number of methoxy groups -OCH3 is 1. The Morgan fingerprint density at radius 3 is 3.16 bits per heavy atom. The van der Waals surface area contributed by atoms with Crippen molar-refractivity contribution in [2.24, 2.45) is 9.98 Å². The van der Waals surface area contributed by atoms with Crippen molar-refractivity contribution < 1.29 is 14.6 Å². The fraction of sp³-hybridized carbons (Fsp3) is 0.308. The lowest BCUT2D eigenvalue weighted by Gasteiger charge is -2.00. The number of phenolic OH excluding ortho intramolecular Hbond substituents is 1. The molecule has 0 saturated carbocycles. The van der Waals surface area contributed by atoms with Crippen LogP contribution in [-0.4, -0.2) is 40.7 Å². The van der Waals surface area contributed by atoms with Gasteiger partial charge in [0.1, 0.15) is 10.8 Å². The van der Waals surface area contributed by atoms with Gasteiger partial charge in [-0.05, 0) is 23.8 Å². The molecule has 6 heteroatoms. The van der Waals surface area contributed by atoms with Crippen molar-refractivity contribution in [1.29, 1.82) is 0 Å². The van der Waals surface area contributed by atoms with E-state index in [4.69, 9.17) is 4.74 Å². The van der Waals surface area contributed by atoms with Crippen LogP contribution in [0.15, 0.2) is 28.2 Å². The van der Waals surface area contributed by atoms with Crippen molar-refractivity contribution in [3.8, 4) is 5.75 Å². The number of hydrogen-bond acceptors (Lipinski definition) is 6. The molecule has 98 valence electrons. The molecule has 0 fully saturated rings. The zero-order valence-electron chi connectivity index (χ0n) is 10.3. The van der Waals surface area contributed by atoms with Gasteiger partial charge in [-0.25, -0.2) is 9.79 Å². The molecule has 19 heavy (non-hydrogen) atoms. The van der Waals surface area contributed by atoms with Crippen LogP contribution in [0.1, 0.15) is 5.56 Å². The average molecular weight is 276 g/mol. The smallest absolute Gasteiger partial charge is 0.331 e. The lowest BCUT2D eigenvalue weighted by Crippen LogP contribution is -2.20. The summed E-state index contributed by atoms with van der Waals surface area (Å²) >= 11 is 1.52. The molecule has 0 bridgehead atoms. The van der Waals surface area contributed by atoms with Crippen LogP contribution >= 0.6 is 11.8 Å². The normalized spacial score (nSPS) is 20.8. The third-order valence-electron chi connectivity index (χ3n) is 3.05. The minimum absolute atomic E-state index is 0.239. The minimum atomic E-state index is -0.426. The van der Waals surface area contributed by atoms with Gasteiger partial charge in [-0.15, -0.1) is 11.8 Å². The van der Waals surface area contributed by atoms with Gasteiger partial charge < -0.3 is 9.84 Å². The number of ether oxygens (including phenoxy) is 1. The summed E-state index contributed by atoms with van der Waals surface area (Å²) in [6.45, 7) is 0. The van der Waals surface area contributed by atoms with E-state index in [2.05, 4.69) is 9.98 Å². The fourth-order valence-electron chi connectivity index (χ4n) is 2.10. The number of esters is 1. The first-order valence-electron chi connectivity index (χ1n) is 5.85. The number of hydrogen-bond donors (Lipinski definition) is 1. The van der Waals surface area contributed by atoms with Crippen molar-refractivity contribution >= 4 is 34.2 Å². The van der Waals surface area contributed by atoms with E-state index in [1.807, 2.05) is 0 Å². The van der Waals surface area contributed by atoms with Crippen LogP contribution in [0.2, 0.25) is 0 Å².